The molecular weight excluding hydrogens is 1040 g/mol. The van der Waals surface area contributed by atoms with Crippen molar-refractivity contribution in [2.45, 2.75) is 439 Å². The van der Waals surface area contributed by atoms with Crippen LogP contribution in [0.1, 0.15) is 439 Å². The van der Waals surface area contributed by atoms with E-state index in [1.807, 2.05) is 0 Å². The van der Waals surface area contributed by atoms with Gasteiger partial charge in [0.05, 0.1) is 0 Å². The number of rotatable bonds is 68. The topological polar surface area (TPSA) is 105 Å². The van der Waals surface area contributed by atoms with Crippen molar-refractivity contribution in [3.8, 4) is 0 Å². The maximum absolute atomic E-state index is 13.7. The van der Waals surface area contributed by atoms with E-state index in [-0.39, 0.29) is 25.7 Å². The fraction of sp³-hybridized carbons (Fsp3) is 0.944. The van der Waals surface area contributed by atoms with Crippen LogP contribution in [-0.2, 0) is 50.6 Å². The molecule has 0 saturated heterocycles. The molecule has 0 radical (unpaired) electrons. The zero-order valence-corrected chi connectivity index (χ0v) is 56.6. The third-order valence-corrected chi connectivity index (χ3v) is 19.9. The van der Waals surface area contributed by atoms with Crippen LogP contribution in [0.3, 0.4) is 0 Å². The maximum atomic E-state index is 13.7. The molecule has 0 heterocycles. The summed E-state index contributed by atoms with van der Waals surface area (Å²) in [5.74, 6) is -2.49. The fourth-order valence-electron chi connectivity index (χ4n) is 11.4. The number of unbranched alkanes of at least 4 members (excludes halogenated alkanes) is 56. The van der Waals surface area contributed by atoms with E-state index in [0.29, 0.717) is 25.7 Å². The Morgan fingerprint density at radius 3 is 0.383 bits per heavy atom. The fourth-order valence-corrected chi connectivity index (χ4v) is 14.2. The van der Waals surface area contributed by atoms with Gasteiger partial charge < -0.3 is 0 Å². The minimum absolute atomic E-state index is 0.0923. The Bertz CT molecular complexity index is 1130. The average Bonchev–Trinajstić information content (AvgIpc) is 3.45. The summed E-state index contributed by atoms with van der Waals surface area (Å²) in [6.45, 7) is 9.09. The second-order valence-electron chi connectivity index (χ2n) is 25.2. The summed E-state index contributed by atoms with van der Waals surface area (Å²) >= 11 is -5.59. The first-order valence-electron chi connectivity index (χ1n) is 36.7. The second-order valence-corrected chi connectivity index (χ2v) is 28.0. The van der Waals surface area contributed by atoms with Gasteiger partial charge in [-0.2, -0.15) is 0 Å². The predicted octanol–water partition coefficient (Wildman–Crippen LogP) is 25.0. The molecule has 0 aliphatic rings. The van der Waals surface area contributed by atoms with Crippen LogP contribution < -0.4 is 0 Å². The summed E-state index contributed by atoms with van der Waals surface area (Å²) in [6.07, 6.45) is 73.4. The first-order valence-corrected chi connectivity index (χ1v) is 39.2. The van der Waals surface area contributed by atoms with E-state index < -0.39 is 42.0 Å². The second kappa shape index (κ2) is 66.1. The van der Waals surface area contributed by atoms with Gasteiger partial charge in [-0.3, -0.25) is 0 Å². The summed E-state index contributed by atoms with van der Waals surface area (Å²) in [6, 6.07) is 0. The molecule has 0 saturated carbocycles. The minimum atomic E-state index is -5.59. The van der Waals surface area contributed by atoms with Crippen LogP contribution in [0.4, 0.5) is 0 Å². The standard InChI is InChI=1S/4C18H36O2.Ti/c4*1-2-3-4-5-6-7-8-9-10-11-12-13-14-15-16-17-18(19)20;/h4*2-17H2,1H3,(H,19,20);/q;;;;+4/p-4. The van der Waals surface area contributed by atoms with Gasteiger partial charge in [0.15, 0.2) is 0 Å². The van der Waals surface area contributed by atoms with Crippen LogP contribution in [0.15, 0.2) is 0 Å². The van der Waals surface area contributed by atoms with Crippen LogP contribution in [0.25, 0.3) is 0 Å². The van der Waals surface area contributed by atoms with Crippen LogP contribution in [0, 0.1) is 0 Å². The Morgan fingerprint density at radius 1 is 0.173 bits per heavy atom. The SMILES string of the molecule is CCCCCCCCCCCCCCCCCC(=O)[O][Ti]([O]C(=O)CCCCCCCCCCCCCCCCC)([O]C(=O)CCCCCCCCCCCCCCCCC)[O]C(=O)CCCCCCCCCCCCCCCCC. The molecule has 0 rings (SSSR count). The van der Waals surface area contributed by atoms with E-state index in [2.05, 4.69) is 27.7 Å². The normalized spacial score (nSPS) is 11.6. The first-order chi connectivity index (χ1) is 39.8. The van der Waals surface area contributed by atoms with Gasteiger partial charge in [0, 0.05) is 0 Å². The van der Waals surface area contributed by atoms with Crippen LogP contribution in [0.5, 0.6) is 0 Å². The van der Waals surface area contributed by atoms with Gasteiger partial charge in [-0.25, -0.2) is 0 Å². The molecule has 0 unspecified atom stereocenters. The Hall–Kier alpha value is -1.41. The van der Waals surface area contributed by atoms with Crippen molar-refractivity contribution < 1.29 is 50.6 Å². The van der Waals surface area contributed by atoms with Gasteiger partial charge in [-0.05, 0) is 0 Å². The van der Waals surface area contributed by atoms with Crippen LogP contribution >= 0.6 is 0 Å². The summed E-state index contributed by atoms with van der Waals surface area (Å²) < 4.78 is 23.9. The summed E-state index contributed by atoms with van der Waals surface area (Å²) in [4.78, 5) is 54.8. The number of carbonyl (C=O) groups is 4. The molecule has 9 heteroatoms. The summed E-state index contributed by atoms with van der Waals surface area (Å²) in [7, 11) is 0. The number of hydrogen-bond acceptors (Lipinski definition) is 8. The molecule has 8 nitrogen and oxygen atoms in total. The minimum Gasteiger partial charge on any atom is -0.0654 e. The summed E-state index contributed by atoms with van der Waals surface area (Å²) in [5.41, 5.74) is 0. The van der Waals surface area contributed by atoms with E-state index in [4.69, 9.17) is 13.3 Å². The molecule has 0 atom stereocenters. The summed E-state index contributed by atoms with van der Waals surface area (Å²) in [5, 5.41) is 0. The molecule has 0 fully saturated rings. The van der Waals surface area contributed by atoms with Crippen LogP contribution in [-0.4, -0.2) is 23.9 Å². The van der Waals surface area contributed by atoms with Gasteiger partial charge in [-0.1, -0.05) is 182 Å². The quantitative estimate of drug-likeness (QED) is 0.0438. The Labute approximate surface area is 510 Å². The van der Waals surface area contributed by atoms with Crippen molar-refractivity contribution in [2.75, 3.05) is 0 Å². The molecule has 0 aliphatic heterocycles. The zero-order chi connectivity index (χ0) is 58.9. The monoisotopic (exact) mass is 1180 g/mol. The molecule has 0 aromatic rings. The Morgan fingerprint density at radius 2 is 0.272 bits per heavy atom. The van der Waals surface area contributed by atoms with Crippen molar-refractivity contribution in [1.82, 2.24) is 0 Å². The van der Waals surface area contributed by atoms with Crippen molar-refractivity contribution in [3.05, 3.63) is 0 Å². The molecule has 81 heavy (non-hydrogen) atoms. The van der Waals surface area contributed by atoms with E-state index in [1.165, 1.54) is 283 Å². The van der Waals surface area contributed by atoms with Crippen molar-refractivity contribution in [2.24, 2.45) is 0 Å². The first kappa shape index (κ1) is 79.6. The molecule has 0 N–H and O–H groups in total. The smallest absolute Gasteiger partial charge is 0.0654 e. The number of carbonyl (C=O) groups excluding carboxylic acids is 4. The van der Waals surface area contributed by atoms with E-state index in [1.54, 1.807) is 0 Å². The number of hydrogen-bond donors (Lipinski definition) is 0. The molecule has 0 spiro atoms. The average molecular weight is 1180 g/mol. The van der Waals surface area contributed by atoms with E-state index in [0.717, 1.165) is 77.0 Å². The van der Waals surface area contributed by atoms with Gasteiger partial charge in [-0.15, -0.1) is 0 Å². The molecule has 0 aliphatic carbocycles. The molecule has 480 valence electrons. The Balaban J connectivity index is 5.44. The van der Waals surface area contributed by atoms with Crippen molar-refractivity contribution >= 4 is 23.9 Å². The van der Waals surface area contributed by atoms with Gasteiger partial charge in [0.2, 0.25) is 0 Å². The van der Waals surface area contributed by atoms with Crippen molar-refractivity contribution in [3.63, 3.8) is 0 Å². The van der Waals surface area contributed by atoms with Crippen LogP contribution in [0.2, 0.25) is 0 Å². The molecule has 0 amide bonds. The zero-order valence-electron chi connectivity index (χ0n) is 55.0. The van der Waals surface area contributed by atoms with Gasteiger partial charge >= 0.3 is 331 Å². The van der Waals surface area contributed by atoms with E-state index in [9.17, 15) is 19.2 Å². The van der Waals surface area contributed by atoms with Gasteiger partial charge in [0.25, 0.3) is 0 Å². The molecule has 0 aromatic carbocycles. The molecule has 0 aromatic heterocycles. The van der Waals surface area contributed by atoms with E-state index >= 15 is 0 Å². The predicted molar refractivity (Wildman–Crippen MR) is 343 cm³/mol. The van der Waals surface area contributed by atoms with Crippen molar-refractivity contribution in [1.29, 1.82) is 0 Å². The molecule has 0 bridgehead atoms. The van der Waals surface area contributed by atoms with Gasteiger partial charge in [0.1, 0.15) is 0 Å². The third kappa shape index (κ3) is 61.5. The Kier molecular flexibility index (Phi) is 65.0. The third-order valence-electron chi connectivity index (χ3n) is 16.9. The molecular formula is C72H140O8Ti.